The summed E-state index contributed by atoms with van der Waals surface area (Å²) in [6.07, 6.45) is 0.875. The van der Waals surface area contributed by atoms with Crippen LogP contribution in [0.1, 0.15) is 48.3 Å². The van der Waals surface area contributed by atoms with Crippen molar-refractivity contribution in [1.82, 2.24) is 0 Å². The summed E-state index contributed by atoms with van der Waals surface area (Å²) in [6, 6.07) is 23.3. The first-order valence-corrected chi connectivity index (χ1v) is 13.3. The molecule has 1 aliphatic heterocycles. The molecule has 0 bridgehead atoms. The monoisotopic (exact) mass is 539 g/mol. The molecule has 0 N–H and O–H groups in total. The number of allylic oxidation sites excluding steroid dienone is 2. The van der Waals surface area contributed by atoms with Crippen LogP contribution in [0.25, 0.3) is 0 Å². The van der Waals surface area contributed by atoms with Gasteiger partial charge in [0.1, 0.15) is 18.3 Å². The van der Waals surface area contributed by atoms with Gasteiger partial charge in [-0.1, -0.05) is 48.5 Å². The molecule has 0 saturated carbocycles. The maximum absolute atomic E-state index is 13.9. The predicted octanol–water partition coefficient (Wildman–Crippen LogP) is 6.03. The van der Waals surface area contributed by atoms with Crippen LogP contribution < -0.4 is 14.2 Å². The number of rotatable bonds is 8. The summed E-state index contributed by atoms with van der Waals surface area (Å²) in [7, 11) is 4.56. The highest BCUT2D eigenvalue weighted by atomic mass is 16.5. The molecule has 40 heavy (non-hydrogen) atoms. The summed E-state index contributed by atoms with van der Waals surface area (Å²) in [5, 5.41) is 0. The Balaban J connectivity index is 1.50. The maximum Gasteiger partial charge on any atom is 0.315 e. The van der Waals surface area contributed by atoms with Crippen molar-refractivity contribution in [3.05, 3.63) is 101 Å². The summed E-state index contributed by atoms with van der Waals surface area (Å²) in [6.45, 7) is 2.24. The number of carbonyl (C=O) groups excluding carboxylic acids is 2. The number of carbonyl (C=O) groups is 2. The van der Waals surface area contributed by atoms with Crippen molar-refractivity contribution in [3.8, 4) is 17.2 Å². The van der Waals surface area contributed by atoms with Crippen LogP contribution in [0.5, 0.6) is 17.2 Å². The first-order chi connectivity index (χ1) is 19.4. The van der Waals surface area contributed by atoms with Crippen molar-refractivity contribution < 1.29 is 28.5 Å². The van der Waals surface area contributed by atoms with Gasteiger partial charge in [0.15, 0.2) is 17.3 Å². The number of methoxy groups -OCH3 is 3. The SMILES string of the molecule is COC(=O)C1C(C)=NC2=C(C(=O)C[C@@H](c3ccc(OC)c(OC)c3)C2)[C@@H]1c1cccc(OCc2ccccc2)c1. The molecule has 7 heteroatoms. The molecule has 0 saturated heterocycles. The maximum atomic E-state index is 13.9. The minimum atomic E-state index is -0.699. The number of hydrogen-bond acceptors (Lipinski definition) is 7. The molecule has 0 aromatic heterocycles. The van der Waals surface area contributed by atoms with Crippen LogP contribution in [0.3, 0.4) is 0 Å². The average Bonchev–Trinajstić information content (AvgIpc) is 2.99. The molecule has 0 radical (unpaired) electrons. The lowest BCUT2D eigenvalue weighted by Crippen LogP contribution is -2.37. The molecule has 1 unspecified atom stereocenters. The fraction of sp³-hybridized carbons (Fsp3) is 0.303. The molecule has 5 rings (SSSR count). The quantitative estimate of drug-likeness (QED) is 0.325. The molecule has 2 aliphatic rings. The second-order valence-electron chi connectivity index (χ2n) is 10.1. The third-order valence-corrected chi connectivity index (χ3v) is 7.69. The van der Waals surface area contributed by atoms with Crippen molar-refractivity contribution in [2.45, 2.75) is 38.2 Å². The topological polar surface area (TPSA) is 83.4 Å². The summed E-state index contributed by atoms with van der Waals surface area (Å²) < 4.78 is 22.1. The molecule has 0 fully saturated rings. The van der Waals surface area contributed by atoms with E-state index in [0.29, 0.717) is 53.7 Å². The number of ether oxygens (including phenoxy) is 4. The Morgan fingerprint density at radius 1 is 0.875 bits per heavy atom. The van der Waals surface area contributed by atoms with E-state index in [4.69, 9.17) is 23.9 Å². The summed E-state index contributed by atoms with van der Waals surface area (Å²) in [5.74, 6) is 0.197. The average molecular weight is 540 g/mol. The Morgan fingerprint density at radius 3 is 2.38 bits per heavy atom. The molecule has 3 aromatic rings. The molecule has 206 valence electrons. The van der Waals surface area contributed by atoms with Gasteiger partial charge in [-0.2, -0.15) is 0 Å². The Hall–Kier alpha value is -4.39. The third kappa shape index (κ3) is 5.37. The zero-order valence-electron chi connectivity index (χ0n) is 23.2. The minimum absolute atomic E-state index is 0.0215. The molecule has 3 aromatic carbocycles. The lowest BCUT2D eigenvalue weighted by molar-refractivity contribution is -0.143. The number of hydrogen-bond donors (Lipinski definition) is 0. The normalized spacial score (nSPS) is 20.4. The number of Topliss-reactive ketones (excluding diaryl/α,β-unsaturated/α-hetero) is 1. The van der Waals surface area contributed by atoms with Crippen LogP contribution in [0.15, 0.2) is 89.1 Å². The largest absolute Gasteiger partial charge is 0.493 e. The second-order valence-corrected chi connectivity index (χ2v) is 10.1. The van der Waals surface area contributed by atoms with Crippen LogP contribution in [-0.4, -0.2) is 38.8 Å². The van der Waals surface area contributed by atoms with E-state index in [9.17, 15) is 9.59 Å². The van der Waals surface area contributed by atoms with Gasteiger partial charge < -0.3 is 18.9 Å². The van der Waals surface area contributed by atoms with Crippen molar-refractivity contribution in [3.63, 3.8) is 0 Å². The molecule has 7 nitrogen and oxygen atoms in total. The van der Waals surface area contributed by atoms with Gasteiger partial charge in [-0.25, -0.2) is 0 Å². The van der Waals surface area contributed by atoms with Crippen molar-refractivity contribution in [2.75, 3.05) is 21.3 Å². The van der Waals surface area contributed by atoms with Crippen molar-refractivity contribution >= 4 is 17.5 Å². The lowest BCUT2D eigenvalue weighted by atomic mass is 9.69. The second kappa shape index (κ2) is 11.8. The zero-order valence-corrected chi connectivity index (χ0v) is 23.2. The van der Waals surface area contributed by atoms with E-state index in [2.05, 4.69) is 0 Å². The van der Waals surface area contributed by atoms with Crippen LogP contribution in [0.4, 0.5) is 0 Å². The minimum Gasteiger partial charge on any atom is -0.493 e. The summed E-state index contributed by atoms with van der Waals surface area (Å²) in [4.78, 5) is 31.7. The van der Waals surface area contributed by atoms with E-state index in [-0.39, 0.29) is 11.7 Å². The molecule has 0 spiro atoms. The third-order valence-electron chi connectivity index (χ3n) is 7.69. The van der Waals surface area contributed by atoms with Gasteiger partial charge in [-0.15, -0.1) is 0 Å². The molecular weight excluding hydrogens is 506 g/mol. The Bertz CT molecular complexity index is 1480. The lowest BCUT2D eigenvalue weighted by Gasteiger charge is -2.36. The Kier molecular flexibility index (Phi) is 8.01. The Morgan fingerprint density at radius 2 is 1.65 bits per heavy atom. The first-order valence-electron chi connectivity index (χ1n) is 13.3. The van der Waals surface area contributed by atoms with Crippen molar-refractivity contribution in [2.24, 2.45) is 10.9 Å². The smallest absolute Gasteiger partial charge is 0.315 e. The van der Waals surface area contributed by atoms with Crippen LogP contribution in [0, 0.1) is 5.92 Å². The van der Waals surface area contributed by atoms with Crippen molar-refractivity contribution in [1.29, 1.82) is 0 Å². The molecule has 3 atom stereocenters. The highest BCUT2D eigenvalue weighted by molar-refractivity contribution is 6.09. The highest BCUT2D eigenvalue weighted by Crippen LogP contribution is 2.48. The summed E-state index contributed by atoms with van der Waals surface area (Å²) >= 11 is 0. The molecular formula is C33H33NO6. The Labute approximate surface area is 234 Å². The van der Waals surface area contributed by atoms with Gasteiger partial charge in [0.25, 0.3) is 0 Å². The first kappa shape index (κ1) is 27.2. The van der Waals surface area contributed by atoms with E-state index in [1.54, 1.807) is 14.2 Å². The fourth-order valence-electron chi connectivity index (χ4n) is 5.73. The van der Waals surface area contributed by atoms with Crippen LogP contribution in [0.2, 0.25) is 0 Å². The molecule has 0 amide bonds. The number of nitrogens with zero attached hydrogens (tertiary/aromatic N) is 1. The van der Waals surface area contributed by atoms with E-state index in [1.165, 1.54) is 7.11 Å². The van der Waals surface area contributed by atoms with Gasteiger partial charge in [0, 0.05) is 29.3 Å². The number of ketones is 1. The van der Waals surface area contributed by atoms with Crippen LogP contribution in [-0.2, 0) is 20.9 Å². The van der Waals surface area contributed by atoms with Gasteiger partial charge >= 0.3 is 5.97 Å². The van der Waals surface area contributed by atoms with E-state index in [1.807, 2.05) is 79.7 Å². The van der Waals surface area contributed by atoms with Gasteiger partial charge in [0.05, 0.1) is 21.3 Å². The fourth-order valence-corrected chi connectivity index (χ4v) is 5.73. The van der Waals surface area contributed by atoms with Gasteiger partial charge in [0.2, 0.25) is 0 Å². The van der Waals surface area contributed by atoms with Gasteiger partial charge in [-0.3, -0.25) is 14.6 Å². The van der Waals surface area contributed by atoms with Crippen LogP contribution >= 0.6 is 0 Å². The predicted molar refractivity (Wildman–Crippen MR) is 152 cm³/mol. The number of benzene rings is 3. The highest BCUT2D eigenvalue weighted by Gasteiger charge is 2.44. The summed E-state index contributed by atoms with van der Waals surface area (Å²) in [5.41, 5.74) is 4.78. The molecule has 1 heterocycles. The number of aliphatic imine (C=N–C) groups is 1. The molecule has 1 aliphatic carbocycles. The number of esters is 1. The van der Waals surface area contributed by atoms with Gasteiger partial charge in [-0.05, 0) is 60.2 Å². The zero-order chi connectivity index (χ0) is 28.2. The van der Waals surface area contributed by atoms with E-state index < -0.39 is 17.8 Å². The van der Waals surface area contributed by atoms with E-state index in [0.717, 1.165) is 16.7 Å². The standard InChI is InChI=1S/C33H33NO6/c1-20-30(33(36)39-4)31(23-11-8-12-25(15-23)40-19-21-9-6-5-7-10-21)32-26(34-20)16-24(17-27(32)35)22-13-14-28(37-2)29(18-22)38-3/h5-15,18,24,30-31H,16-17,19H2,1-4H3/t24-,30?,31+/m0/s1. The van der Waals surface area contributed by atoms with E-state index >= 15 is 0 Å².